The van der Waals surface area contributed by atoms with E-state index in [0.29, 0.717) is 34.8 Å². The number of benzene rings is 1. The van der Waals surface area contributed by atoms with E-state index < -0.39 is 23.3 Å². The molecular weight excluding hydrogens is 400 g/mol. The van der Waals surface area contributed by atoms with Crippen molar-refractivity contribution in [3.8, 4) is 0 Å². The zero-order valence-electron chi connectivity index (χ0n) is 19.3. The molecule has 9 nitrogen and oxygen atoms in total. The van der Waals surface area contributed by atoms with E-state index in [2.05, 4.69) is 4.90 Å². The third-order valence-corrected chi connectivity index (χ3v) is 5.15. The van der Waals surface area contributed by atoms with Crippen LogP contribution in [0.5, 0.6) is 0 Å². The Morgan fingerprint density at radius 1 is 1.10 bits per heavy atom. The van der Waals surface area contributed by atoms with E-state index in [9.17, 15) is 19.5 Å². The van der Waals surface area contributed by atoms with Gasteiger partial charge in [-0.1, -0.05) is 0 Å². The summed E-state index contributed by atoms with van der Waals surface area (Å²) >= 11 is 0. The highest BCUT2D eigenvalue weighted by Crippen LogP contribution is 2.27. The van der Waals surface area contributed by atoms with Crippen molar-refractivity contribution < 1.29 is 24.2 Å². The van der Waals surface area contributed by atoms with Gasteiger partial charge in [0.1, 0.15) is 5.60 Å². The second-order valence-electron chi connectivity index (χ2n) is 9.60. The molecule has 3 N–H and O–H groups in total. The van der Waals surface area contributed by atoms with Gasteiger partial charge in [-0.05, 0) is 71.8 Å². The average molecular weight is 435 g/mol. The second kappa shape index (κ2) is 9.13. The number of ether oxygens (including phenoxy) is 1. The van der Waals surface area contributed by atoms with Crippen LogP contribution in [0.4, 0.5) is 15.3 Å². The van der Waals surface area contributed by atoms with Crippen molar-refractivity contribution in [2.45, 2.75) is 52.2 Å². The number of carbonyl (C=O) groups is 3. The van der Waals surface area contributed by atoms with Gasteiger partial charge in [-0.3, -0.25) is 4.79 Å². The second-order valence-corrected chi connectivity index (χ2v) is 9.60. The number of piperazine rings is 1. The van der Waals surface area contributed by atoms with Crippen molar-refractivity contribution in [1.29, 1.82) is 0 Å². The van der Waals surface area contributed by atoms with Gasteiger partial charge in [0, 0.05) is 37.4 Å². The molecule has 1 heterocycles. The van der Waals surface area contributed by atoms with Gasteiger partial charge < -0.3 is 25.4 Å². The molecule has 1 aliphatic rings. The first-order valence-corrected chi connectivity index (χ1v) is 10.3. The fourth-order valence-electron chi connectivity index (χ4n) is 3.59. The first-order chi connectivity index (χ1) is 14.2. The number of nitrogen functional groups attached to an aromatic ring is 1. The van der Waals surface area contributed by atoms with Gasteiger partial charge in [0.05, 0.1) is 5.54 Å². The minimum absolute atomic E-state index is 0.110. The van der Waals surface area contributed by atoms with E-state index in [1.54, 1.807) is 57.7 Å². The Balaban J connectivity index is 2.34. The van der Waals surface area contributed by atoms with Gasteiger partial charge in [0.25, 0.3) is 5.91 Å². The van der Waals surface area contributed by atoms with Crippen molar-refractivity contribution >= 4 is 23.8 Å². The zero-order valence-corrected chi connectivity index (χ0v) is 19.3. The maximum absolute atomic E-state index is 13.2. The molecule has 0 spiro atoms. The van der Waals surface area contributed by atoms with Crippen LogP contribution in [0, 0.1) is 0 Å². The van der Waals surface area contributed by atoms with Crippen LogP contribution in [0.3, 0.4) is 0 Å². The number of rotatable bonds is 4. The summed E-state index contributed by atoms with van der Waals surface area (Å²) in [5.41, 5.74) is 5.45. The van der Waals surface area contributed by atoms with Crippen LogP contribution in [-0.4, -0.2) is 82.3 Å². The Hall–Kier alpha value is -2.81. The van der Waals surface area contributed by atoms with Gasteiger partial charge in [0.15, 0.2) is 0 Å². The lowest BCUT2D eigenvalue weighted by Crippen LogP contribution is -2.53. The normalized spacial score (nSPS) is 15.5. The summed E-state index contributed by atoms with van der Waals surface area (Å²) < 4.78 is 5.29. The van der Waals surface area contributed by atoms with Crippen LogP contribution in [-0.2, 0) is 11.2 Å². The standard InChI is InChI=1S/C22H34N4O5/c1-21(2,3)31-20(30)26(19(28)29)22(4,5)14-15-13-16(23)7-8-17(15)18(27)25-11-9-24(6)10-12-25/h7-8,13H,9-12,14,23H2,1-6H3,(H,28,29). The first kappa shape index (κ1) is 24.5. The van der Waals surface area contributed by atoms with E-state index in [0.717, 1.165) is 13.1 Å². The van der Waals surface area contributed by atoms with E-state index in [1.165, 1.54) is 0 Å². The molecule has 0 radical (unpaired) electrons. The Kier molecular flexibility index (Phi) is 7.21. The number of nitrogens with two attached hydrogens (primary N) is 1. The van der Waals surface area contributed by atoms with Crippen molar-refractivity contribution in [2.24, 2.45) is 0 Å². The molecule has 1 fully saturated rings. The number of carboxylic acid groups (broad SMARTS) is 1. The lowest BCUT2D eigenvalue weighted by atomic mass is 9.90. The maximum atomic E-state index is 13.2. The number of hydrogen-bond donors (Lipinski definition) is 2. The minimum atomic E-state index is -1.42. The van der Waals surface area contributed by atoms with Crippen LogP contribution in [0.1, 0.15) is 50.5 Å². The molecule has 1 aliphatic heterocycles. The molecule has 0 unspecified atom stereocenters. The summed E-state index contributed by atoms with van der Waals surface area (Å²) in [6.07, 6.45) is -2.27. The predicted octanol–water partition coefficient (Wildman–Crippen LogP) is 2.89. The van der Waals surface area contributed by atoms with Crippen molar-refractivity contribution in [3.05, 3.63) is 29.3 Å². The maximum Gasteiger partial charge on any atom is 0.420 e. The third kappa shape index (κ3) is 6.33. The van der Waals surface area contributed by atoms with Gasteiger partial charge in [0.2, 0.25) is 0 Å². The lowest BCUT2D eigenvalue weighted by Gasteiger charge is -2.37. The molecule has 172 valence electrons. The highest BCUT2D eigenvalue weighted by Gasteiger charge is 2.40. The molecule has 9 heteroatoms. The summed E-state index contributed by atoms with van der Waals surface area (Å²) in [6, 6.07) is 4.99. The van der Waals surface area contributed by atoms with Crippen LogP contribution in [0.15, 0.2) is 18.2 Å². The molecule has 0 atom stereocenters. The number of amides is 3. The number of hydrogen-bond acceptors (Lipinski definition) is 6. The fourth-order valence-corrected chi connectivity index (χ4v) is 3.59. The van der Waals surface area contributed by atoms with Gasteiger partial charge in [-0.25, -0.2) is 14.5 Å². The van der Waals surface area contributed by atoms with Gasteiger partial charge >= 0.3 is 12.2 Å². The van der Waals surface area contributed by atoms with Crippen LogP contribution in [0.25, 0.3) is 0 Å². The minimum Gasteiger partial charge on any atom is -0.465 e. The van der Waals surface area contributed by atoms with E-state index in [1.807, 2.05) is 7.05 Å². The molecule has 0 bridgehead atoms. The third-order valence-electron chi connectivity index (χ3n) is 5.15. The van der Waals surface area contributed by atoms with Gasteiger partial charge in [-0.15, -0.1) is 0 Å². The number of imide groups is 1. The largest absolute Gasteiger partial charge is 0.465 e. The molecule has 0 aromatic heterocycles. The molecule has 2 rings (SSSR count). The molecule has 0 saturated carbocycles. The summed E-state index contributed by atoms with van der Waals surface area (Å²) in [5, 5.41) is 9.74. The van der Waals surface area contributed by atoms with Crippen LogP contribution < -0.4 is 5.73 Å². The zero-order chi connectivity index (χ0) is 23.6. The highest BCUT2D eigenvalue weighted by molar-refractivity contribution is 5.96. The van der Waals surface area contributed by atoms with Crippen LogP contribution >= 0.6 is 0 Å². The van der Waals surface area contributed by atoms with E-state index in [4.69, 9.17) is 10.5 Å². The number of anilines is 1. The molecule has 1 saturated heterocycles. The highest BCUT2D eigenvalue weighted by atomic mass is 16.6. The monoisotopic (exact) mass is 434 g/mol. The topological polar surface area (TPSA) is 116 Å². The van der Waals surface area contributed by atoms with E-state index >= 15 is 0 Å². The summed E-state index contributed by atoms with van der Waals surface area (Å²) in [5.74, 6) is -0.127. The number of nitrogens with zero attached hydrogens (tertiary/aromatic N) is 3. The van der Waals surface area contributed by atoms with Crippen LogP contribution in [0.2, 0.25) is 0 Å². The molecule has 1 aromatic rings. The molecule has 0 aliphatic carbocycles. The fraction of sp³-hybridized carbons (Fsp3) is 0.591. The Bertz CT molecular complexity index is 839. The number of likely N-dealkylation sites (N-methyl/N-ethyl adjacent to an activating group) is 1. The summed E-state index contributed by atoms with van der Waals surface area (Å²) in [6.45, 7) is 11.0. The molecular formula is C22H34N4O5. The van der Waals surface area contributed by atoms with Gasteiger partial charge in [-0.2, -0.15) is 0 Å². The predicted molar refractivity (Wildman–Crippen MR) is 118 cm³/mol. The lowest BCUT2D eigenvalue weighted by molar-refractivity contribution is 0.00797. The molecule has 31 heavy (non-hydrogen) atoms. The summed E-state index contributed by atoms with van der Waals surface area (Å²) in [4.78, 5) is 42.4. The molecule has 3 amide bonds. The van der Waals surface area contributed by atoms with E-state index in [-0.39, 0.29) is 12.3 Å². The number of carbonyl (C=O) groups excluding carboxylic acids is 2. The first-order valence-electron chi connectivity index (χ1n) is 10.3. The molecule has 1 aromatic carbocycles. The smallest absolute Gasteiger partial charge is 0.420 e. The quantitative estimate of drug-likeness (QED) is 0.700. The Labute approximate surface area is 183 Å². The van der Waals surface area contributed by atoms with Crippen molar-refractivity contribution in [1.82, 2.24) is 14.7 Å². The average Bonchev–Trinajstić information content (AvgIpc) is 2.59. The Morgan fingerprint density at radius 2 is 1.68 bits per heavy atom. The summed E-state index contributed by atoms with van der Waals surface area (Å²) in [7, 11) is 2.01. The van der Waals surface area contributed by atoms with Crippen molar-refractivity contribution in [3.63, 3.8) is 0 Å². The SMILES string of the molecule is CN1CCN(C(=O)c2ccc(N)cc2CC(C)(C)N(C(=O)O)C(=O)OC(C)(C)C)CC1. The van der Waals surface area contributed by atoms with Crippen molar-refractivity contribution in [2.75, 3.05) is 39.0 Å². The Morgan fingerprint density at radius 3 is 2.19 bits per heavy atom.